The van der Waals surface area contributed by atoms with Crippen LogP contribution in [0.15, 0.2) is 12.0 Å². The predicted octanol–water partition coefficient (Wildman–Crippen LogP) is 0.693. The Morgan fingerprint density at radius 2 is 1.80 bits per heavy atom. The molecule has 0 unspecified atom stereocenters. The fraction of sp³-hybridized carbons (Fsp3) is 0.833. The third kappa shape index (κ3) is 5.09. The van der Waals surface area contributed by atoms with E-state index < -0.39 is 5.97 Å². The molecule has 0 aliphatic carbocycles. The quantitative estimate of drug-likeness (QED) is 0.755. The van der Waals surface area contributed by atoms with Crippen LogP contribution in [0.25, 0.3) is 0 Å². The topological polar surface area (TPSA) is 59.5 Å². The number of piperidine rings is 1. The van der Waals surface area contributed by atoms with E-state index in [0.717, 1.165) is 38.5 Å². The highest BCUT2D eigenvalue weighted by Gasteiger charge is 2.28. The molecule has 0 spiro atoms. The number of carboxylic acids is 1. The lowest BCUT2D eigenvalue weighted by Gasteiger charge is -2.37. The molecule has 7 nitrogen and oxygen atoms in total. The normalized spacial score (nSPS) is 24.6. The van der Waals surface area contributed by atoms with Crippen LogP contribution >= 0.6 is 0 Å². The summed E-state index contributed by atoms with van der Waals surface area (Å²) in [7, 11) is 0. The fourth-order valence-electron chi connectivity index (χ4n) is 3.97. The molecule has 3 heterocycles. The van der Waals surface area contributed by atoms with E-state index in [-0.39, 0.29) is 6.54 Å². The Bertz CT molecular complexity index is 481. The van der Waals surface area contributed by atoms with Gasteiger partial charge in [-0.3, -0.25) is 14.6 Å². The van der Waals surface area contributed by atoms with Crippen LogP contribution < -0.4 is 0 Å². The van der Waals surface area contributed by atoms with E-state index in [0.29, 0.717) is 18.8 Å². The fourth-order valence-corrected chi connectivity index (χ4v) is 3.97. The third-order valence-corrected chi connectivity index (χ3v) is 5.61. The Balaban J connectivity index is 1.41. The number of likely N-dealkylation sites (tertiary alicyclic amines) is 1. The summed E-state index contributed by atoms with van der Waals surface area (Å²) >= 11 is 0. The first kappa shape index (κ1) is 18.5. The largest absolute Gasteiger partial charge is 0.480 e. The summed E-state index contributed by atoms with van der Waals surface area (Å²) in [6.07, 6.45) is 4.62. The van der Waals surface area contributed by atoms with Gasteiger partial charge >= 0.3 is 5.97 Å². The summed E-state index contributed by atoms with van der Waals surface area (Å²) in [6.45, 7) is 12.0. The highest BCUT2D eigenvalue weighted by molar-refractivity contribution is 5.69. The minimum atomic E-state index is -0.741. The second-order valence-corrected chi connectivity index (χ2v) is 7.69. The second kappa shape index (κ2) is 8.38. The number of carbonyl (C=O) groups is 1. The van der Waals surface area contributed by atoms with Gasteiger partial charge in [-0.25, -0.2) is 0 Å². The average molecular weight is 352 g/mol. The van der Waals surface area contributed by atoms with Crippen molar-refractivity contribution in [2.24, 2.45) is 0 Å². The smallest absolute Gasteiger partial charge is 0.317 e. The van der Waals surface area contributed by atoms with E-state index >= 15 is 0 Å². The molecule has 2 saturated heterocycles. The summed E-state index contributed by atoms with van der Waals surface area (Å²) < 4.78 is 5.91. The lowest BCUT2D eigenvalue weighted by Crippen LogP contribution is -2.48. The molecular formula is C18H32N4O3. The van der Waals surface area contributed by atoms with Crippen molar-refractivity contribution >= 4 is 5.97 Å². The molecule has 142 valence electrons. The minimum Gasteiger partial charge on any atom is -0.480 e. The van der Waals surface area contributed by atoms with Gasteiger partial charge in [0, 0.05) is 57.6 Å². The molecule has 0 aromatic rings. The van der Waals surface area contributed by atoms with Crippen LogP contribution in [0.3, 0.4) is 0 Å². The van der Waals surface area contributed by atoms with Gasteiger partial charge in [-0.05, 0) is 26.7 Å². The number of hydrogen-bond donors (Lipinski definition) is 1. The standard InChI is InChI=1S/C18H32N4O3/c1-15(2)21-5-3-16(4-6-21)22-12-17(25-14-22)11-19-7-9-20(10-8-19)13-18(23)24/h12,15-16H,3-11,13-14H2,1-2H3,(H,23,24). The second-order valence-electron chi connectivity index (χ2n) is 7.69. The first-order valence-corrected chi connectivity index (χ1v) is 9.51. The highest BCUT2D eigenvalue weighted by atomic mass is 16.5. The SMILES string of the molecule is CC(C)N1CCC(N2C=C(CN3CCN(CC(=O)O)CC3)OC2)CC1. The molecule has 2 fully saturated rings. The van der Waals surface area contributed by atoms with E-state index in [1.807, 2.05) is 4.90 Å². The minimum absolute atomic E-state index is 0.149. The van der Waals surface area contributed by atoms with Crippen LogP contribution in [0.2, 0.25) is 0 Å². The number of piperazine rings is 1. The van der Waals surface area contributed by atoms with E-state index in [4.69, 9.17) is 9.84 Å². The van der Waals surface area contributed by atoms with Crippen LogP contribution in [0.5, 0.6) is 0 Å². The van der Waals surface area contributed by atoms with Crippen molar-refractivity contribution in [1.29, 1.82) is 0 Å². The summed E-state index contributed by atoms with van der Waals surface area (Å²) in [5.41, 5.74) is 0. The zero-order valence-corrected chi connectivity index (χ0v) is 15.6. The molecule has 0 aromatic carbocycles. The van der Waals surface area contributed by atoms with Gasteiger partial charge in [0.1, 0.15) is 5.76 Å². The maximum Gasteiger partial charge on any atom is 0.317 e. The first-order valence-electron chi connectivity index (χ1n) is 9.51. The third-order valence-electron chi connectivity index (χ3n) is 5.61. The molecule has 25 heavy (non-hydrogen) atoms. The molecule has 3 aliphatic rings. The number of hydrogen-bond acceptors (Lipinski definition) is 6. The molecule has 0 saturated carbocycles. The molecule has 0 bridgehead atoms. The van der Waals surface area contributed by atoms with Crippen molar-refractivity contribution in [2.45, 2.75) is 38.8 Å². The van der Waals surface area contributed by atoms with Crippen LogP contribution in [-0.2, 0) is 9.53 Å². The predicted molar refractivity (Wildman–Crippen MR) is 96.1 cm³/mol. The van der Waals surface area contributed by atoms with Crippen molar-refractivity contribution < 1.29 is 14.6 Å². The molecule has 3 aliphatic heterocycles. The van der Waals surface area contributed by atoms with Gasteiger partial charge in [0.2, 0.25) is 0 Å². The zero-order valence-electron chi connectivity index (χ0n) is 15.6. The number of ether oxygens (including phenoxy) is 1. The van der Waals surface area contributed by atoms with E-state index in [9.17, 15) is 4.79 Å². The first-order chi connectivity index (χ1) is 12.0. The number of rotatable bonds is 6. The lowest BCUT2D eigenvalue weighted by atomic mass is 10.0. The molecule has 7 heteroatoms. The van der Waals surface area contributed by atoms with Gasteiger partial charge in [0.05, 0.1) is 13.1 Å². The Morgan fingerprint density at radius 1 is 1.16 bits per heavy atom. The number of aliphatic carboxylic acids is 1. The maximum absolute atomic E-state index is 10.8. The van der Waals surface area contributed by atoms with Gasteiger partial charge in [0.15, 0.2) is 6.73 Å². The van der Waals surface area contributed by atoms with Crippen LogP contribution in [0.1, 0.15) is 26.7 Å². The average Bonchev–Trinajstić information content (AvgIpc) is 3.05. The van der Waals surface area contributed by atoms with E-state index in [2.05, 4.69) is 34.7 Å². The Hall–Kier alpha value is -1.31. The van der Waals surface area contributed by atoms with Gasteiger partial charge < -0.3 is 19.6 Å². The van der Waals surface area contributed by atoms with Crippen molar-refractivity contribution in [2.75, 3.05) is 59.1 Å². The van der Waals surface area contributed by atoms with E-state index in [1.165, 1.54) is 25.9 Å². The van der Waals surface area contributed by atoms with Crippen molar-refractivity contribution in [1.82, 2.24) is 19.6 Å². The van der Waals surface area contributed by atoms with Crippen LogP contribution in [-0.4, -0.2) is 102 Å². The Labute approximate surface area is 150 Å². The summed E-state index contributed by atoms with van der Waals surface area (Å²) in [4.78, 5) is 20.1. The Kier molecular flexibility index (Phi) is 6.19. The maximum atomic E-state index is 10.8. The van der Waals surface area contributed by atoms with E-state index in [1.54, 1.807) is 0 Å². The number of nitrogens with zero attached hydrogens (tertiary/aromatic N) is 4. The monoisotopic (exact) mass is 352 g/mol. The molecule has 0 amide bonds. The molecule has 1 N–H and O–H groups in total. The van der Waals surface area contributed by atoms with Gasteiger partial charge in [0.25, 0.3) is 0 Å². The van der Waals surface area contributed by atoms with Gasteiger partial charge in [-0.2, -0.15) is 0 Å². The zero-order chi connectivity index (χ0) is 17.8. The number of carboxylic acid groups (broad SMARTS) is 1. The van der Waals surface area contributed by atoms with Crippen molar-refractivity contribution in [3.63, 3.8) is 0 Å². The molecule has 3 rings (SSSR count). The molecule has 0 radical (unpaired) electrons. The lowest BCUT2D eigenvalue weighted by molar-refractivity contribution is -0.138. The summed E-state index contributed by atoms with van der Waals surface area (Å²) in [6, 6.07) is 1.24. The molecular weight excluding hydrogens is 320 g/mol. The Morgan fingerprint density at radius 3 is 2.40 bits per heavy atom. The summed E-state index contributed by atoms with van der Waals surface area (Å²) in [5.74, 6) is 0.312. The van der Waals surface area contributed by atoms with Crippen LogP contribution in [0.4, 0.5) is 0 Å². The highest BCUT2D eigenvalue weighted by Crippen LogP contribution is 2.23. The van der Waals surface area contributed by atoms with Gasteiger partial charge in [-0.1, -0.05) is 0 Å². The van der Waals surface area contributed by atoms with Crippen molar-refractivity contribution in [3.05, 3.63) is 12.0 Å². The summed E-state index contributed by atoms with van der Waals surface area (Å²) in [5, 5.41) is 8.87. The van der Waals surface area contributed by atoms with Crippen molar-refractivity contribution in [3.8, 4) is 0 Å². The van der Waals surface area contributed by atoms with Gasteiger partial charge in [-0.15, -0.1) is 0 Å². The van der Waals surface area contributed by atoms with Crippen LogP contribution in [0, 0.1) is 0 Å². The molecule has 0 aromatic heterocycles. The molecule has 0 atom stereocenters.